The number of alkyl halides is 3. The molecule has 2 aromatic rings. The predicted octanol–water partition coefficient (Wildman–Crippen LogP) is 1.99. The number of nitrogens with zero attached hydrogens (tertiary/aromatic N) is 2. The summed E-state index contributed by atoms with van der Waals surface area (Å²) in [5.41, 5.74) is 3.33. The summed E-state index contributed by atoms with van der Waals surface area (Å²) in [5.74, 6) is 5.36. The standard InChI is InChI=1S/C12H15F3N4/c1-2-19-9-6-4-3-5-8(9)17-11(19)7-10(18-16)12(13,14)15/h3-6,10,18H,2,7,16H2,1H3. The molecule has 0 radical (unpaired) electrons. The van der Waals surface area contributed by atoms with Crippen LogP contribution in [0.3, 0.4) is 0 Å². The van der Waals surface area contributed by atoms with Crippen LogP contribution in [0.5, 0.6) is 0 Å². The molecule has 7 heteroatoms. The van der Waals surface area contributed by atoms with E-state index < -0.39 is 12.2 Å². The Kier molecular flexibility index (Phi) is 3.77. The molecule has 0 fully saturated rings. The van der Waals surface area contributed by atoms with Gasteiger partial charge < -0.3 is 4.57 Å². The van der Waals surface area contributed by atoms with Crippen LogP contribution in [0.4, 0.5) is 13.2 Å². The fourth-order valence-electron chi connectivity index (χ4n) is 2.09. The number of nitrogens with one attached hydrogen (secondary N) is 1. The molecule has 1 aromatic carbocycles. The van der Waals surface area contributed by atoms with Crippen molar-refractivity contribution in [3.05, 3.63) is 30.1 Å². The molecule has 2 rings (SSSR count). The molecular formula is C12H15F3N4. The van der Waals surface area contributed by atoms with E-state index >= 15 is 0 Å². The Labute approximate surface area is 108 Å². The van der Waals surface area contributed by atoms with Crippen LogP contribution in [0.25, 0.3) is 11.0 Å². The molecule has 0 aliphatic rings. The molecule has 4 nitrogen and oxygen atoms in total. The first kappa shape index (κ1) is 13.8. The highest BCUT2D eigenvalue weighted by Gasteiger charge is 2.39. The molecule has 1 heterocycles. The van der Waals surface area contributed by atoms with Crippen molar-refractivity contribution in [1.29, 1.82) is 0 Å². The molecule has 0 aliphatic carbocycles. The van der Waals surface area contributed by atoms with Gasteiger partial charge in [0.2, 0.25) is 0 Å². The number of hydrazine groups is 1. The summed E-state index contributed by atoms with van der Waals surface area (Å²) in [5, 5.41) is 0. The number of halogens is 3. The van der Waals surface area contributed by atoms with Crippen LogP contribution in [0.2, 0.25) is 0 Å². The average molecular weight is 272 g/mol. The number of imidazole rings is 1. The summed E-state index contributed by atoms with van der Waals surface area (Å²) in [6, 6.07) is 5.47. The van der Waals surface area contributed by atoms with Crippen LogP contribution < -0.4 is 11.3 Å². The molecule has 1 atom stereocenters. The van der Waals surface area contributed by atoms with E-state index in [2.05, 4.69) is 4.98 Å². The van der Waals surface area contributed by atoms with Crippen LogP contribution in [-0.2, 0) is 13.0 Å². The van der Waals surface area contributed by atoms with Gasteiger partial charge in [-0.2, -0.15) is 13.2 Å². The Hall–Kier alpha value is -1.60. The predicted molar refractivity (Wildman–Crippen MR) is 66.3 cm³/mol. The van der Waals surface area contributed by atoms with Crippen LogP contribution in [0.1, 0.15) is 12.7 Å². The third kappa shape index (κ3) is 2.71. The Balaban J connectivity index is 2.39. The highest BCUT2D eigenvalue weighted by Crippen LogP contribution is 2.24. The van der Waals surface area contributed by atoms with Crippen molar-refractivity contribution in [3.63, 3.8) is 0 Å². The second-order valence-corrected chi connectivity index (χ2v) is 4.23. The van der Waals surface area contributed by atoms with Crippen LogP contribution in [-0.4, -0.2) is 21.8 Å². The molecule has 3 N–H and O–H groups in total. The van der Waals surface area contributed by atoms with Crippen molar-refractivity contribution >= 4 is 11.0 Å². The number of hydrogen-bond donors (Lipinski definition) is 2. The SMILES string of the molecule is CCn1c(CC(NN)C(F)(F)F)nc2ccccc21. The highest BCUT2D eigenvalue weighted by atomic mass is 19.4. The molecule has 0 amide bonds. The summed E-state index contributed by atoms with van der Waals surface area (Å²) in [6.45, 7) is 2.43. The highest BCUT2D eigenvalue weighted by molar-refractivity contribution is 5.75. The molecule has 1 unspecified atom stereocenters. The lowest BCUT2D eigenvalue weighted by Gasteiger charge is -2.19. The lowest BCUT2D eigenvalue weighted by atomic mass is 10.2. The van der Waals surface area contributed by atoms with Gasteiger partial charge in [0.1, 0.15) is 11.9 Å². The zero-order valence-corrected chi connectivity index (χ0v) is 10.4. The Morgan fingerprint density at radius 3 is 2.63 bits per heavy atom. The number of aryl methyl sites for hydroxylation is 1. The quantitative estimate of drug-likeness (QED) is 0.661. The fourth-order valence-corrected chi connectivity index (χ4v) is 2.09. The zero-order valence-electron chi connectivity index (χ0n) is 10.4. The van der Waals surface area contributed by atoms with E-state index in [0.29, 0.717) is 17.9 Å². The molecule has 0 bridgehead atoms. The molecule has 19 heavy (non-hydrogen) atoms. The first-order valence-corrected chi connectivity index (χ1v) is 5.94. The number of aromatic nitrogens is 2. The van der Waals surface area contributed by atoms with Crippen LogP contribution >= 0.6 is 0 Å². The smallest absolute Gasteiger partial charge is 0.328 e. The fraction of sp³-hybridized carbons (Fsp3) is 0.417. The van der Waals surface area contributed by atoms with Crippen molar-refractivity contribution in [3.8, 4) is 0 Å². The summed E-state index contributed by atoms with van der Waals surface area (Å²) in [6.07, 6.45) is -4.69. The summed E-state index contributed by atoms with van der Waals surface area (Å²) in [7, 11) is 0. The van der Waals surface area contributed by atoms with Crippen molar-refractivity contribution in [2.45, 2.75) is 32.1 Å². The van der Waals surface area contributed by atoms with Crippen LogP contribution in [0, 0.1) is 0 Å². The summed E-state index contributed by atoms with van der Waals surface area (Å²) in [4.78, 5) is 4.25. The number of nitrogens with two attached hydrogens (primary N) is 1. The molecule has 0 aliphatic heterocycles. The van der Waals surface area contributed by atoms with E-state index in [4.69, 9.17) is 5.84 Å². The Morgan fingerprint density at radius 1 is 1.37 bits per heavy atom. The number of hydrogen-bond acceptors (Lipinski definition) is 3. The van der Waals surface area contributed by atoms with Crippen molar-refractivity contribution in [2.75, 3.05) is 0 Å². The van der Waals surface area contributed by atoms with E-state index in [1.165, 1.54) is 0 Å². The maximum Gasteiger partial charge on any atom is 0.405 e. The van der Waals surface area contributed by atoms with Crippen molar-refractivity contribution in [1.82, 2.24) is 15.0 Å². The minimum Gasteiger partial charge on any atom is -0.328 e. The molecular weight excluding hydrogens is 257 g/mol. The van der Waals surface area contributed by atoms with Gasteiger partial charge in [-0.15, -0.1) is 0 Å². The maximum absolute atomic E-state index is 12.7. The lowest BCUT2D eigenvalue weighted by Crippen LogP contribution is -2.47. The average Bonchev–Trinajstić information content (AvgIpc) is 2.71. The summed E-state index contributed by atoms with van der Waals surface area (Å²) < 4.78 is 39.9. The van der Waals surface area contributed by atoms with Crippen molar-refractivity contribution < 1.29 is 13.2 Å². The number of rotatable bonds is 4. The second kappa shape index (κ2) is 5.18. The van der Waals surface area contributed by atoms with Gasteiger partial charge >= 0.3 is 6.18 Å². The van der Waals surface area contributed by atoms with Crippen molar-refractivity contribution in [2.24, 2.45) is 5.84 Å². The first-order chi connectivity index (χ1) is 8.97. The first-order valence-electron chi connectivity index (χ1n) is 5.94. The number of fused-ring (bicyclic) bond motifs is 1. The molecule has 104 valence electrons. The third-order valence-electron chi connectivity index (χ3n) is 3.03. The summed E-state index contributed by atoms with van der Waals surface area (Å²) >= 11 is 0. The van der Waals surface area contributed by atoms with E-state index in [-0.39, 0.29) is 6.42 Å². The molecule has 0 saturated carbocycles. The molecule has 1 aromatic heterocycles. The van der Waals surface area contributed by atoms with E-state index in [1.807, 2.05) is 30.5 Å². The van der Waals surface area contributed by atoms with E-state index in [1.54, 1.807) is 10.6 Å². The topological polar surface area (TPSA) is 55.9 Å². The van der Waals surface area contributed by atoms with Gasteiger partial charge in [-0.05, 0) is 19.1 Å². The van der Waals surface area contributed by atoms with Gasteiger partial charge in [0.15, 0.2) is 0 Å². The zero-order chi connectivity index (χ0) is 14.0. The number of benzene rings is 1. The molecule has 0 spiro atoms. The van der Waals surface area contributed by atoms with Gasteiger partial charge in [-0.1, -0.05) is 12.1 Å². The molecule has 0 saturated heterocycles. The van der Waals surface area contributed by atoms with Gasteiger partial charge in [0.25, 0.3) is 0 Å². The second-order valence-electron chi connectivity index (χ2n) is 4.23. The monoisotopic (exact) mass is 272 g/mol. The minimum atomic E-state index is -4.40. The minimum absolute atomic E-state index is 0.289. The third-order valence-corrected chi connectivity index (χ3v) is 3.03. The van der Waals surface area contributed by atoms with Gasteiger partial charge in [0, 0.05) is 13.0 Å². The Morgan fingerprint density at radius 2 is 2.05 bits per heavy atom. The van der Waals surface area contributed by atoms with Gasteiger partial charge in [-0.25, -0.2) is 10.4 Å². The normalized spacial score (nSPS) is 13.9. The Bertz CT molecular complexity index is 562. The van der Waals surface area contributed by atoms with Crippen LogP contribution in [0.15, 0.2) is 24.3 Å². The van der Waals surface area contributed by atoms with E-state index in [0.717, 1.165) is 5.52 Å². The largest absolute Gasteiger partial charge is 0.405 e. The van der Waals surface area contributed by atoms with Gasteiger partial charge in [-0.3, -0.25) is 5.84 Å². The number of para-hydroxylation sites is 2. The van der Waals surface area contributed by atoms with Gasteiger partial charge in [0.05, 0.1) is 11.0 Å². The maximum atomic E-state index is 12.7. The van der Waals surface area contributed by atoms with E-state index in [9.17, 15) is 13.2 Å². The lowest BCUT2D eigenvalue weighted by molar-refractivity contribution is -0.156.